The molecule has 5 heteroatoms. The van der Waals surface area contributed by atoms with E-state index in [1.165, 1.54) is 0 Å². The standard InChI is InChI=1S/C17H18BrNO3/c1-3-16(22-15-6-4-5-14(11-15)21-2)17(20)19-13-9-7-12(18)8-10-13/h4-11,16H,3H2,1-2H3,(H,19,20)/t16-/m1/s1. The Morgan fingerprint density at radius 1 is 1.18 bits per heavy atom. The van der Waals surface area contributed by atoms with E-state index < -0.39 is 6.10 Å². The lowest BCUT2D eigenvalue weighted by Gasteiger charge is -2.17. The van der Waals surface area contributed by atoms with E-state index in [0.717, 1.165) is 10.2 Å². The Bertz CT molecular complexity index is 628. The minimum atomic E-state index is -0.559. The molecule has 0 saturated heterocycles. The Kier molecular flexibility index (Phi) is 5.83. The van der Waals surface area contributed by atoms with Gasteiger partial charge in [0.15, 0.2) is 6.10 Å². The Labute approximate surface area is 138 Å². The van der Waals surface area contributed by atoms with Gasteiger partial charge in [0.2, 0.25) is 0 Å². The summed E-state index contributed by atoms with van der Waals surface area (Å²) < 4.78 is 11.9. The molecule has 0 radical (unpaired) electrons. The molecule has 4 nitrogen and oxygen atoms in total. The fourth-order valence-corrected chi connectivity index (χ4v) is 2.18. The summed E-state index contributed by atoms with van der Waals surface area (Å²) in [6.45, 7) is 1.91. The highest BCUT2D eigenvalue weighted by Crippen LogP contribution is 2.21. The lowest BCUT2D eigenvalue weighted by Crippen LogP contribution is -2.32. The monoisotopic (exact) mass is 363 g/mol. The third-order valence-corrected chi connectivity index (χ3v) is 3.62. The molecule has 1 atom stereocenters. The van der Waals surface area contributed by atoms with E-state index in [2.05, 4.69) is 21.2 Å². The van der Waals surface area contributed by atoms with Crippen LogP contribution < -0.4 is 14.8 Å². The van der Waals surface area contributed by atoms with Crippen LogP contribution in [0.15, 0.2) is 53.0 Å². The van der Waals surface area contributed by atoms with Gasteiger partial charge in [-0.05, 0) is 42.8 Å². The van der Waals surface area contributed by atoms with Crippen LogP contribution in [0.25, 0.3) is 0 Å². The average molecular weight is 364 g/mol. The normalized spacial score (nSPS) is 11.6. The Morgan fingerprint density at radius 2 is 1.86 bits per heavy atom. The molecule has 1 N–H and O–H groups in total. The summed E-state index contributed by atoms with van der Waals surface area (Å²) in [6, 6.07) is 14.6. The van der Waals surface area contributed by atoms with Crippen LogP contribution in [0, 0.1) is 0 Å². The first-order valence-corrected chi connectivity index (χ1v) is 7.79. The molecule has 0 bridgehead atoms. The molecule has 0 aliphatic heterocycles. The number of anilines is 1. The van der Waals surface area contributed by atoms with Gasteiger partial charge in [0.25, 0.3) is 5.91 Å². The lowest BCUT2D eigenvalue weighted by atomic mass is 10.2. The first-order chi connectivity index (χ1) is 10.6. The van der Waals surface area contributed by atoms with Crippen LogP contribution in [0.4, 0.5) is 5.69 Å². The second-order valence-corrected chi connectivity index (χ2v) is 5.61. The number of halogens is 1. The van der Waals surface area contributed by atoms with Crippen LogP contribution in [0.1, 0.15) is 13.3 Å². The molecule has 0 spiro atoms. The van der Waals surface area contributed by atoms with Crippen molar-refractivity contribution in [3.63, 3.8) is 0 Å². The Balaban J connectivity index is 2.03. The first-order valence-electron chi connectivity index (χ1n) is 6.99. The van der Waals surface area contributed by atoms with Crippen LogP contribution in [0.5, 0.6) is 11.5 Å². The number of carbonyl (C=O) groups is 1. The summed E-state index contributed by atoms with van der Waals surface area (Å²) in [4.78, 5) is 12.3. The van der Waals surface area contributed by atoms with E-state index in [0.29, 0.717) is 17.9 Å². The summed E-state index contributed by atoms with van der Waals surface area (Å²) in [5.74, 6) is 1.13. The third-order valence-electron chi connectivity index (χ3n) is 3.09. The number of hydrogen-bond acceptors (Lipinski definition) is 3. The number of hydrogen-bond donors (Lipinski definition) is 1. The summed E-state index contributed by atoms with van der Waals surface area (Å²) in [7, 11) is 1.59. The number of benzene rings is 2. The summed E-state index contributed by atoms with van der Waals surface area (Å²) >= 11 is 3.36. The van der Waals surface area contributed by atoms with E-state index in [4.69, 9.17) is 9.47 Å². The molecule has 2 rings (SSSR count). The van der Waals surface area contributed by atoms with Crippen molar-refractivity contribution in [2.24, 2.45) is 0 Å². The summed E-state index contributed by atoms with van der Waals surface area (Å²) in [6.07, 6.45) is 0.00953. The molecule has 2 aromatic carbocycles. The largest absolute Gasteiger partial charge is 0.497 e. The first kappa shape index (κ1) is 16.4. The van der Waals surface area contributed by atoms with Crippen LogP contribution in [-0.4, -0.2) is 19.1 Å². The van der Waals surface area contributed by atoms with Crippen LogP contribution in [0.2, 0.25) is 0 Å². The number of methoxy groups -OCH3 is 1. The van der Waals surface area contributed by atoms with Crippen LogP contribution >= 0.6 is 15.9 Å². The minimum absolute atomic E-state index is 0.173. The maximum atomic E-state index is 12.3. The molecular formula is C17H18BrNO3. The molecule has 0 aromatic heterocycles. The van der Waals surface area contributed by atoms with Gasteiger partial charge in [-0.3, -0.25) is 4.79 Å². The molecule has 0 fully saturated rings. The van der Waals surface area contributed by atoms with Crippen molar-refractivity contribution in [3.8, 4) is 11.5 Å². The van der Waals surface area contributed by atoms with Gasteiger partial charge in [-0.1, -0.05) is 28.9 Å². The Hall–Kier alpha value is -2.01. The topological polar surface area (TPSA) is 47.6 Å². The van der Waals surface area contributed by atoms with Gasteiger partial charge in [-0.25, -0.2) is 0 Å². The Morgan fingerprint density at radius 3 is 2.50 bits per heavy atom. The van der Waals surface area contributed by atoms with Crippen molar-refractivity contribution in [1.29, 1.82) is 0 Å². The number of carbonyl (C=O) groups excluding carboxylic acids is 1. The van der Waals surface area contributed by atoms with Crippen molar-refractivity contribution in [3.05, 3.63) is 53.0 Å². The predicted octanol–water partition coefficient (Wildman–Crippen LogP) is 4.25. The highest BCUT2D eigenvalue weighted by molar-refractivity contribution is 9.10. The van der Waals surface area contributed by atoms with Gasteiger partial charge in [0.05, 0.1) is 7.11 Å². The van der Waals surface area contributed by atoms with Gasteiger partial charge in [0.1, 0.15) is 11.5 Å². The number of ether oxygens (including phenoxy) is 2. The molecule has 0 aliphatic carbocycles. The van der Waals surface area contributed by atoms with Crippen molar-refractivity contribution in [1.82, 2.24) is 0 Å². The maximum Gasteiger partial charge on any atom is 0.265 e. The van der Waals surface area contributed by atoms with Crippen molar-refractivity contribution in [2.45, 2.75) is 19.4 Å². The lowest BCUT2D eigenvalue weighted by molar-refractivity contribution is -0.122. The summed E-state index contributed by atoms with van der Waals surface area (Å²) in [5.41, 5.74) is 0.737. The minimum Gasteiger partial charge on any atom is -0.497 e. The molecule has 116 valence electrons. The molecule has 0 aliphatic rings. The second kappa shape index (κ2) is 7.84. The molecule has 1 amide bonds. The van der Waals surface area contributed by atoms with Gasteiger partial charge in [-0.2, -0.15) is 0 Å². The van der Waals surface area contributed by atoms with Gasteiger partial charge in [0, 0.05) is 16.2 Å². The van der Waals surface area contributed by atoms with Crippen molar-refractivity contribution < 1.29 is 14.3 Å². The van der Waals surface area contributed by atoms with E-state index in [9.17, 15) is 4.79 Å². The van der Waals surface area contributed by atoms with Crippen molar-refractivity contribution >= 4 is 27.5 Å². The fraction of sp³-hybridized carbons (Fsp3) is 0.235. The SMILES string of the molecule is CC[C@@H](Oc1cccc(OC)c1)C(=O)Nc1ccc(Br)cc1. The van der Waals surface area contributed by atoms with Crippen molar-refractivity contribution in [2.75, 3.05) is 12.4 Å². The van der Waals surface area contributed by atoms with Gasteiger partial charge >= 0.3 is 0 Å². The molecular weight excluding hydrogens is 346 g/mol. The quantitative estimate of drug-likeness (QED) is 0.834. The van der Waals surface area contributed by atoms with E-state index >= 15 is 0 Å². The van der Waals surface area contributed by atoms with Crippen LogP contribution in [-0.2, 0) is 4.79 Å². The fourth-order valence-electron chi connectivity index (χ4n) is 1.92. The van der Waals surface area contributed by atoms with E-state index in [-0.39, 0.29) is 5.91 Å². The second-order valence-electron chi connectivity index (χ2n) is 4.69. The molecule has 0 unspecified atom stereocenters. The zero-order valence-corrected chi connectivity index (χ0v) is 14.1. The molecule has 2 aromatic rings. The molecule has 0 heterocycles. The highest BCUT2D eigenvalue weighted by atomic mass is 79.9. The summed E-state index contributed by atoms with van der Waals surface area (Å²) in [5, 5.41) is 2.85. The smallest absolute Gasteiger partial charge is 0.265 e. The van der Waals surface area contributed by atoms with Gasteiger partial charge < -0.3 is 14.8 Å². The highest BCUT2D eigenvalue weighted by Gasteiger charge is 2.18. The molecule has 22 heavy (non-hydrogen) atoms. The van der Waals surface area contributed by atoms with E-state index in [1.54, 1.807) is 19.2 Å². The zero-order chi connectivity index (χ0) is 15.9. The van der Waals surface area contributed by atoms with E-state index in [1.807, 2.05) is 43.3 Å². The maximum absolute atomic E-state index is 12.3. The number of nitrogens with one attached hydrogen (secondary N) is 1. The van der Waals surface area contributed by atoms with Gasteiger partial charge in [-0.15, -0.1) is 0 Å². The third kappa shape index (κ3) is 4.49. The average Bonchev–Trinajstić information content (AvgIpc) is 2.54. The number of amides is 1. The predicted molar refractivity (Wildman–Crippen MR) is 90.5 cm³/mol. The molecule has 0 saturated carbocycles. The zero-order valence-electron chi connectivity index (χ0n) is 12.5. The number of rotatable bonds is 6. The van der Waals surface area contributed by atoms with Crippen LogP contribution in [0.3, 0.4) is 0 Å².